The van der Waals surface area contributed by atoms with Crippen molar-refractivity contribution >= 4 is 17.5 Å². The number of nitrogens with one attached hydrogen (secondary N) is 1. The smallest absolute Gasteiger partial charge is 0.392 e. The van der Waals surface area contributed by atoms with Crippen LogP contribution in [0.4, 0.5) is 18.9 Å². The number of anilines is 1. The second-order valence-electron chi connectivity index (χ2n) is 11.0. The van der Waals surface area contributed by atoms with Crippen molar-refractivity contribution in [3.8, 4) is 0 Å². The summed E-state index contributed by atoms with van der Waals surface area (Å²) in [6, 6.07) is 13.4. The minimum Gasteiger partial charge on any atom is -0.392 e. The molecule has 3 aliphatic rings. The molecule has 3 aliphatic heterocycles. The minimum atomic E-state index is -5.02. The van der Waals surface area contributed by atoms with Crippen LogP contribution in [-0.2, 0) is 25.7 Å². The Balaban J connectivity index is 1.27. The second-order valence-corrected chi connectivity index (χ2v) is 11.0. The number of carbonyl (C=O) groups is 2. The van der Waals surface area contributed by atoms with E-state index >= 15 is 0 Å². The van der Waals surface area contributed by atoms with Crippen LogP contribution in [0.15, 0.2) is 48.5 Å². The molecule has 3 fully saturated rings. The molecule has 8 nitrogen and oxygen atoms in total. The Bertz CT molecular complexity index is 1190. The van der Waals surface area contributed by atoms with E-state index in [4.69, 9.17) is 9.47 Å². The van der Waals surface area contributed by atoms with Crippen molar-refractivity contribution in [3.05, 3.63) is 65.2 Å². The van der Waals surface area contributed by atoms with Gasteiger partial charge in [-0.05, 0) is 62.0 Å². The van der Waals surface area contributed by atoms with Gasteiger partial charge in [0.1, 0.15) is 6.04 Å². The highest BCUT2D eigenvalue weighted by atomic mass is 19.4. The molecule has 2 aromatic carbocycles. The molecule has 0 unspecified atom stereocenters. The SMILES string of the molecule is O=C(Nc1ccc([C@H]2O[C@@H](CN3CCCCC3)C[C@@H](c3ccc(CO)cc3)O2)cc1)[C@@H]1CCCN1C(=O)C(F)(F)F. The molecule has 11 heteroatoms. The summed E-state index contributed by atoms with van der Waals surface area (Å²) < 4.78 is 51.7. The summed E-state index contributed by atoms with van der Waals surface area (Å²) in [5.41, 5.74) is 2.97. The van der Waals surface area contributed by atoms with E-state index < -0.39 is 30.3 Å². The Morgan fingerprint density at radius 2 is 1.59 bits per heavy atom. The first-order valence-electron chi connectivity index (χ1n) is 14.2. The highest BCUT2D eigenvalue weighted by molar-refractivity contribution is 5.98. The summed E-state index contributed by atoms with van der Waals surface area (Å²) >= 11 is 0. The predicted octanol–water partition coefficient (Wildman–Crippen LogP) is 4.70. The number of ether oxygens (including phenoxy) is 2. The average molecular weight is 576 g/mol. The van der Waals surface area contributed by atoms with Crippen LogP contribution in [0.2, 0.25) is 0 Å². The largest absolute Gasteiger partial charge is 0.471 e. The Morgan fingerprint density at radius 3 is 2.24 bits per heavy atom. The second kappa shape index (κ2) is 12.9. The third kappa shape index (κ3) is 7.27. The Kier molecular flexibility index (Phi) is 9.28. The van der Waals surface area contributed by atoms with Gasteiger partial charge >= 0.3 is 12.1 Å². The number of nitrogens with zero attached hydrogens (tertiary/aromatic N) is 2. The zero-order valence-electron chi connectivity index (χ0n) is 22.8. The van der Waals surface area contributed by atoms with Crippen LogP contribution in [0.1, 0.15) is 67.6 Å². The third-order valence-corrected chi connectivity index (χ3v) is 8.03. The normalized spacial score (nSPS) is 25.7. The molecule has 2 aromatic rings. The van der Waals surface area contributed by atoms with Crippen LogP contribution in [0.3, 0.4) is 0 Å². The number of rotatable bonds is 7. The van der Waals surface area contributed by atoms with Crippen LogP contribution in [0, 0.1) is 0 Å². The van der Waals surface area contributed by atoms with Gasteiger partial charge in [-0.2, -0.15) is 13.2 Å². The zero-order chi connectivity index (χ0) is 29.0. The summed E-state index contributed by atoms with van der Waals surface area (Å²) in [6.45, 7) is 2.75. The first-order valence-corrected chi connectivity index (χ1v) is 14.2. The van der Waals surface area contributed by atoms with E-state index in [1.807, 2.05) is 24.3 Å². The molecular formula is C30H36F3N3O5. The quantitative estimate of drug-likeness (QED) is 0.498. The van der Waals surface area contributed by atoms with Crippen molar-refractivity contribution in [2.45, 2.75) is 75.8 Å². The Hall–Kier alpha value is -2.99. The summed E-state index contributed by atoms with van der Waals surface area (Å²) in [7, 11) is 0. The maximum atomic E-state index is 13.0. The molecule has 5 rings (SSSR count). The van der Waals surface area contributed by atoms with Crippen molar-refractivity contribution in [1.82, 2.24) is 9.80 Å². The summed E-state index contributed by atoms with van der Waals surface area (Å²) in [5, 5.41) is 12.1. The lowest BCUT2D eigenvalue weighted by Crippen LogP contribution is -2.48. The fourth-order valence-electron chi connectivity index (χ4n) is 5.86. The van der Waals surface area contributed by atoms with Crippen molar-refractivity contribution in [2.24, 2.45) is 0 Å². The molecule has 2 N–H and O–H groups in total. The number of amides is 2. The van der Waals surface area contributed by atoms with Crippen molar-refractivity contribution in [3.63, 3.8) is 0 Å². The fourth-order valence-corrected chi connectivity index (χ4v) is 5.86. The first kappa shape index (κ1) is 29.5. The zero-order valence-corrected chi connectivity index (χ0v) is 22.8. The highest BCUT2D eigenvalue weighted by Gasteiger charge is 2.47. The lowest BCUT2D eigenvalue weighted by atomic mass is 9.99. The summed E-state index contributed by atoms with van der Waals surface area (Å²) in [5.74, 6) is -2.64. The number of hydrogen-bond acceptors (Lipinski definition) is 6. The number of carbonyl (C=O) groups excluding carboxylic acids is 2. The topological polar surface area (TPSA) is 91.3 Å². The van der Waals surface area contributed by atoms with E-state index in [0.29, 0.717) is 23.4 Å². The van der Waals surface area contributed by atoms with E-state index in [1.165, 1.54) is 19.3 Å². The fraction of sp³-hybridized carbons (Fsp3) is 0.533. The van der Waals surface area contributed by atoms with Crippen LogP contribution in [0.5, 0.6) is 0 Å². The summed E-state index contributed by atoms with van der Waals surface area (Å²) in [4.78, 5) is 27.6. The number of aliphatic hydroxyl groups excluding tert-OH is 1. The van der Waals surface area contributed by atoms with Gasteiger partial charge in [-0.25, -0.2) is 0 Å². The molecule has 3 saturated heterocycles. The van der Waals surface area contributed by atoms with Crippen LogP contribution in [-0.4, -0.2) is 71.2 Å². The third-order valence-electron chi connectivity index (χ3n) is 8.03. The van der Waals surface area contributed by atoms with Gasteiger partial charge in [-0.15, -0.1) is 0 Å². The van der Waals surface area contributed by atoms with E-state index in [-0.39, 0.29) is 31.8 Å². The summed E-state index contributed by atoms with van der Waals surface area (Å²) in [6.07, 6.45) is -1.16. The molecule has 4 atom stereocenters. The van der Waals surface area contributed by atoms with E-state index in [9.17, 15) is 27.9 Å². The molecule has 0 saturated carbocycles. The maximum absolute atomic E-state index is 13.0. The number of alkyl halides is 3. The maximum Gasteiger partial charge on any atom is 0.471 e. The van der Waals surface area contributed by atoms with Crippen LogP contribution in [0.25, 0.3) is 0 Å². The molecule has 3 heterocycles. The lowest BCUT2D eigenvalue weighted by molar-refractivity contribution is -0.253. The molecule has 0 radical (unpaired) electrons. The number of aliphatic hydroxyl groups is 1. The predicted molar refractivity (Wildman–Crippen MR) is 145 cm³/mol. The van der Waals surface area contributed by atoms with E-state index in [1.54, 1.807) is 24.3 Å². The number of hydrogen-bond donors (Lipinski definition) is 2. The monoisotopic (exact) mass is 575 g/mol. The molecule has 2 amide bonds. The first-order chi connectivity index (χ1) is 19.7. The lowest BCUT2D eigenvalue weighted by Gasteiger charge is -2.39. The molecular weight excluding hydrogens is 539 g/mol. The number of piperidine rings is 1. The van der Waals surface area contributed by atoms with Crippen molar-refractivity contribution in [2.75, 3.05) is 31.5 Å². The van der Waals surface area contributed by atoms with E-state index in [2.05, 4.69) is 10.2 Å². The van der Waals surface area contributed by atoms with Gasteiger partial charge in [0.25, 0.3) is 0 Å². The Morgan fingerprint density at radius 1 is 0.902 bits per heavy atom. The molecule has 222 valence electrons. The minimum absolute atomic E-state index is 0.0323. The van der Waals surface area contributed by atoms with Gasteiger partial charge in [0.15, 0.2) is 6.29 Å². The highest BCUT2D eigenvalue weighted by Crippen LogP contribution is 2.38. The molecule has 0 bridgehead atoms. The van der Waals surface area contributed by atoms with Gasteiger partial charge in [0, 0.05) is 30.8 Å². The molecule has 0 spiro atoms. The van der Waals surface area contributed by atoms with Gasteiger partial charge < -0.3 is 29.7 Å². The van der Waals surface area contributed by atoms with Crippen LogP contribution >= 0.6 is 0 Å². The Labute approximate surface area is 237 Å². The van der Waals surface area contributed by atoms with Gasteiger partial charge in [-0.1, -0.05) is 42.8 Å². The molecule has 41 heavy (non-hydrogen) atoms. The van der Waals surface area contributed by atoms with Gasteiger partial charge in [-0.3, -0.25) is 9.59 Å². The average Bonchev–Trinajstić information content (AvgIpc) is 3.47. The van der Waals surface area contributed by atoms with Crippen molar-refractivity contribution < 1.29 is 37.3 Å². The van der Waals surface area contributed by atoms with E-state index in [0.717, 1.165) is 36.3 Å². The number of likely N-dealkylation sites (tertiary alicyclic amines) is 2. The van der Waals surface area contributed by atoms with Gasteiger partial charge in [0.05, 0.1) is 18.8 Å². The van der Waals surface area contributed by atoms with Gasteiger partial charge in [0.2, 0.25) is 5.91 Å². The molecule has 0 aromatic heterocycles. The number of benzene rings is 2. The van der Waals surface area contributed by atoms with Crippen molar-refractivity contribution in [1.29, 1.82) is 0 Å². The molecule has 0 aliphatic carbocycles. The number of halogens is 3. The standard InChI is InChI=1S/C30H36F3N3O5/c31-30(32,33)29(39)36-16-4-5-25(36)27(38)34-23-12-10-22(11-13-23)28-40-24(18-35-14-2-1-3-15-35)17-26(41-28)21-8-6-20(19-37)7-9-21/h6-13,24-26,28,37H,1-5,14-19H2,(H,34,38)/t24-,25+,26+,28+/m1/s1. The van der Waals surface area contributed by atoms with Crippen LogP contribution < -0.4 is 5.32 Å².